The van der Waals surface area contributed by atoms with Crippen LogP contribution in [0.25, 0.3) is 22.4 Å². The first-order chi connectivity index (χ1) is 15.0. The fraction of sp³-hybridized carbons (Fsp3) is 0. The molecule has 0 atom stereocenters. The van der Waals surface area contributed by atoms with E-state index in [1.54, 1.807) is 42.5 Å². The fourth-order valence-electron chi connectivity index (χ4n) is 2.82. The van der Waals surface area contributed by atoms with Crippen LogP contribution in [0.2, 0.25) is 0 Å². The average molecular weight is 466 g/mol. The summed E-state index contributed by atoms with van der Waals surface area (Å²) in [6.45, 7) is 0. The zero-order valence-corrected chi connectivity index (χ0v) is 16.5. The number of nitrogens with one attached hydrogen (secondary N) is 1. The van der Waals surface area contributed by atoms with Crippen LogP contribution in [0.3, 0.4) is 0 Å². The van der Waals surface area contributed by atoms with E-state index in [4.69, 9.17) is 8.15 Å². The molecule has 0 aliphatic rings. The summed E-state index contributed by atoms with van der Waals surface area (Å²) in [5, 5.41) is 13.0. The van der Waals surface area contributed by atoms with E-state index >= 15 is 0 Å². The van der Waals surface area contributed by atoms with Crippen molar-refractivity contribution in [2.24, 2.45) is 0 Å². The molecule has 0 fully saturated rings. The number of imidazole rings is 1. The maximum absolute atomic E-state index is 13.4. The van der Waals surface area contributed by atoms with Crippen LogP contribution >= 0.6 is 0 Å². The number of benzene rings is 3. The van der Waals surface area contributed by atoms with Crippen LogP contribution in [0.15, 0.2) is 60.7 Å². The van der Waals surface area contributed by atoms with Crippen LogP contribution in [0.1, 0.15) is 20.7 Å². The Kier molecular flexibility index (Phi) is 6.97. The number of aldehydes is 1. The topological polar surface area (TPSA) is 122 Å². The van der Waals surface area contributed by atoms with Gasteiger partial charge in [-0.3, -0.25) is 14.6 Å². The molecule has 3 aromatic carbocycles. The van der Waals surface area contributed by atoms with Crippen molar-refractivity contribution in [2.75, 3.05) is 5.32 Å². The minimum atomic E-state index is -0.680. The number of amides is 1. The predicted octanol–water partition coefficient (Wildman–Crippen LogP) is 3.27. The Morgan fingerprint density at radius 3 is 2.55 bits per heavy atom. The van der Waals surface area contributed by atoms with Gasteiger partial charge in [-0.1, -0.05) is 0 Å². The van der Waals surface area contributed by atoms with Crippen molar-refractivity contribution >= 4 is 28.9 Å². The molecule has 4 aromatic rings. The van der Waals surface area contributed by atoms with Crippen molar-refractivity contribution in [3.63, 3.8) is 0 Å². The molecule has 161 valence electrons. The van der Waals surface area contributed by atoms with Crippen molar-refractivity contribution < 1.29 is 42.0 Å². The number of anilines is 1. The molecule has 0 radical (unpaired) electrons. The fourth-order valence-corrected chi connectivity index (χ4v) is 2.82. The Morgan fingerprint density at radius 2 is 1.90 bits per heavy atom. The average Bonchev–Trinajstić information content (AvgIpc) is 3.12. The van der Waals surface area contributed by atoms with Gasteiger partial charge in [-0.05, 0) is 53.5 Å². The second-order valence-electron chi connectivity index (χ2n) is 6.11. The van der Waals surface area contributed by atoms with Gasteiger partial charge in [0.25, 0.3) is 5.91 Å². The van der Waals surface area contributed by atoms with Gasteiger partial charge in [0.1, 0.15) is 5.82 Å². The zero-order valence-electron chi connectivity index (χ0n) is 15.6. The summed E-state index contributed by atoms with van der Waals surface area (Å²) in [7, 11) is 0. The number of hydrogen-bond acceptors (Lipinski definition) is 5. The molecule has 4 rings (SSSR count). The number of fused-ring (bicyclic) bond motifs is 1. The molecule has 0 saturated heterocycles. The van der Waals surface area contributed by atoms with Crippen molar-refractivity contribution in [1.29, 1.82) is 0 Å². The van der Waals surface area contributed by atoms with E-state index in [9.17, 15) is 19.2 Å². The number of halogens is 1. The molecule has 1 aromatic heterocycles. The quantitative estimate of drug-likeness (QED) is 0.184. The predicted molar refractivity (Wildman–Crippen MR) is 104 cm³/mol. The van der Waals surface area contributed by atoms with Crippen molar-refractivity contribution in [3.05, 3.63) is 83.7 Å². The monoisotopic (exact) mass is 465 g/mol. The van der Waals surface area contributed by atoms with E-state index in [0.29, 0.717) is 34.4 Å². The summed E-state index contributed by atoms with van der Waals surface area (Å²) in [4.78, 5) is 27.5. The van der Waals surface area contributed by atoms with Crippen molar-refractivity contribution in [1.82, 2.24) is 9.71 Å². The molecular weight excluding hydrogens is 452 g/mol. The summed E-state index contributed by atoms with van der Waals surface area (Å²) in [5.41, 5.74) is 2.32. The second kappa shape index (κ2) is 9.84. The molecule has 1 heterocycles. The second-order valence-corrected chi connectivity index (χ2v) is 6.29. The Bertz CT molecular complexity index is 1260. The maximum atomic E-state index is 13.4. The van der Waals surface area contributed by atoms with Gasteiger partial charge in [-0.25, -0.2) is 9.12 Å². The van der Waals surface area contributed by atoms with Gasteiger partial charge in [0, 0.05) is 16.8 Å². The molecule has 0 spiro atoms. The Balaban J connectivity index is 0.000000858. The summed E-state index contributed by atoms with van der Waals surface area (Å²) in [6, 6.07) is 18.3. The van der Waals surface area contributed by atoms with Gasteiger partial charge in [0.2, 0.25) is 0 Å². The molecule has 0 unspecified atom stereocenters. The molecule has 3 N–H and O–H groups in total. The van der Waals surface area contributed by atoms with E-state index in [1.807, 2.05) is 0 Å². The summed E-state index contributed by atoms with van der Waals surface area (Å²) >= 11 is -0.625. The Hall–Kier alpha value is -3.75. The third kappa shape index (κ3) is 4.88. The Morgan fingerprint density at radius 1 is 1.19 bits per heavy atom. The van der Waals surface area contributed by atoms with Crippen LogP contribution in [-0.4, -0.2) is 31.4 Å². The van der Waals surface area contributed by atoms with Crippen LogP contribution < -0.4 is 5.32 Å². The van der Waals surface area contributed by atoms with Crippen molar-refractivity contribution in [3.8, 4) is 11.4 Å². The summed E-state index contributed by atoms with van der Waals surface area (Å²) in [6.07, 6.45) is 0.361. The third-order valence-electron chi connectivity index (χ3n) is 4.26. The molecule has 8 nitrogen and oxygen atoms in total. The molecule has 1 amide bonds. The number of carbonyl (C=O) groups is 2. The molecular formula is C21H14FN3NiO5-. The van der Waals surface area contributed by atoms with Crippen LogP contribution in [0.4, 0.5) is 10.1 Å². The van der Waals surface area contributed by atoms with Crippen LogP contribution in [0, 0.1) is 11.9 Å². The van der Waals surface area contributed by atoms with Gasteiger partial charge in [-0.15, -0.1) is 12.1 Å². The van der Waals surface area contributed by atoms with Gasteiger partial charge in [0.05, 0.1) is 5.56 Å². The first kappa shape index (κ1) is 22.0. The first-order valence-corrected chi connectivity index (χ1v) is 9.42. The van der Waals surface area contributed by atoms with E-state index in [0.717, 1.165) is 10.8 Å². The third-order valence-corrected chi connectivity index (χ3v) is 4.26. The molecule has 31 heavy (non-hydrogen) atoms. The van der Waals surface area contributed by atoms with E-state index in [1.165, 1.54) is 12.1 Å². The van der Waals surface area contributed by atoms with E-state index < -0.39 is 26.4 Å². The SMILES string of the molecule is O=Cc1cc(C(=O)Nc2ccc(-c3nc4cc[c-]cc4n3O)cc2)ccc1F.[O]=[Ni][OH]. The number of hydrogen-bond donors (Lipinski definition) is 3. The molecule has 10 heteroatoms. The summed E-state index contributed by atoms with van der Waals surface area (Å²) < 4.78 is 29.7. The molecule has 0 aliphatic carbocycles. The standard InChI is InChI=1S/C21H13FN3O3.Ni.H2O.O/c22-17-10-7-14(11-15(17)12-26)21(27)23-16-8-5-13(6-9-16)20-24-18-3-1-2-4-19(18)25(20)28;;;/h1,3-12,28H,(H,23,27);;1H2;/q-1;+1;;/p-1. The van der Waals surface area contributed by atoms with Gasteiger partial charge >= 0.3 is 22.8 Å². The van der Waals surface area contributed by atoms with Gasteiger partial charge in [-0.2, -0.15) is 12.1 Å². The molecule has 0 saturated carbocycles. The Labute approximate surface area is 181 Å². The van der Waals surface area contributed by atoms with Crippen molar-refractivity contribution in [2.45, 2.75) is 0 Å². The molecule has 0 bridgehead atoms. The minimum absolute atomic E-state index is 0.168. The molecule has 0 aliphatic heterocycles. The number of carbonyl (C=O) groups excluding carboxylic acids is 2. The van der Waals surface area contributed by atoms with Gasteiger partial charge in [0.15, 0.2) is 12.1 Å². The number of nitrogens with zero attached hydrogens (tertiary/aromatic N) is 2. The number of rotatable bonds is 4. The van der Waals surface area contributed by atoms with Gasteiger partial charge < -0.3 is 10.5 Å². The van der Waals surface area contributed by atoms with Crippen LogP contribution in [0.5, 0.6) is 0 Å². The van der Waals surface area contributed by atoms with E-state index in [2.05, 4.69) is 16.4 Å². The van der Waals surface area contributed by atoms with Crippen LogP contribution in [-0.2, 0) is 18.6 Å². The normalized spacial score (nSPS) is 10.4. The summed E-state index contributed by atoms with van der Waals surface area (Å²) in [5.74, 6) is -0.789. The van der Waals surface area contributed by atoms with E-state index in [-0.39, 0.29) is 11.1 Å². The zero-order chi connectivity index (χ0) is 22.4. The first-order valence-electron chi connectivity index (χ1n) is 8.58. The number of aromatic nitrogens is 2.